The highest BCUT2D eigenvalue weighted by Crippen LogP contribution is 2.51. The number of methoxy groups -OCH3 is 2. The zero-order valence-corrected chi connectivity index (χ0v) is 17.9. The highest BCUT2D eigenvalue weighted by atomic mass is 16.7. The van der Waals surface area contributed by atoms with Gasteiger partial charge in [0.25, 0.3) is 0 Å². The monoisotopic (exact) mass is 429 g/mol. The minimum absolute atomic E-state index is 0.0101. The SMILES string of the molecule is COc1cc([C@@H]2c3cc4c(cc3O[C@@H](N3CCOCC3)[C@@H]2C)OCO4)cc(OC)c1O. The summed E-state index contributed by atoms with van der Waals surface area (Å²) in [6.45, 7) is 5.38. The van der Waals surface area contributed by atoms with E-state index in [0.29, 0.717) is 36.2 Å². The first-order chi connectivity index (χ1) is 15.1. The maximum absolute atomic E-state index is 10.4. The molecular weight excluding hydrogens is 402 g/mol. The lowest BCUT2D eigenvalue weighted by Gasteiger charge is -2.44. The van der Waals surface area contributed by atoms with Crippen LogP contribution in [-0.2, 0) is 4.74 Å². The van der Waals surface area contributed by atoms with Gasteiger partial charge in [-0.15, -0.1) is 0 Å². The number of nitrogens with zero attached hydrogens (tertiary/aromatic N) is 1. The molecule has 3 aliphatic rings. The van der Waals surface area contributed by atoms with Crippen LogP contribution in [0.2, 0.25) is 0 Å². The number of phenolic OH excluding ortho intramolecular Hbond substituents is 1. The number of fused-ring (bicyclic) bond motifs is 2. The molecule has 1 fully saturated rings. The molecule has 1 N–H and O–H groups in total. The fourth-order valence-electron chi connectivity index (χ4n) is 4.78. The molecule has 8 heteroatoms. The molecule has 8 nitrogen and oxygen atoms in total. The molecule has 2 aromatic carbocycles. The Kier molecular flexibility index (Phi) is 5.19. The third-order valence-corrected chi connectivity index (χ3v) is 6.33. The molecular formula is C23H27NO7. The molecule has 0 aliphatic carbocycles. The van der Waals surface area contributed by atoms with Gasteiger partial charge in [0.2, 0.25) is 12.5 Å². The predicted octanol–water partition coefficient (Wildman–Crippen LogP) is 2.96. The zero-order valence-electron chi connectivity index (χ0n) is 17.9. The van der Waals surface area contributed by atoms with Gasteiger partial charge >= 0.3 is 0 Å². The van der Waals surface area contributed by atoms with Crippen LogP contribution in [0.4, 0.5) is 0 Å². The van der Waals surface area contributed by atoms with Crippen molar-refractivity contribution < 1.29 is 33.5 Å². The van der Waals surface area contributed by atoms with E-state index in [1.54, 1.807) is 0 Å². The van der Waals surface area contributed by atoms with Gasteiger partial charge in [-0.2, -0.15) is 0 Å². The van der Waals surface area contributed by atoms with Crippen LogP contribution in [0.5, 0.6) is 34.5 Å². The average Bonchev–Trinajstić information content (AvgIpc) is 3.25. The number of morpholine rings is 1. The second-order valence-corrected chi connectivity index (χ2v) is 8.01. The third kappa shape index (κ3) is 3.40. The van der Waals surface area contributed by atoms with Gasteiger partial charge in [-0.3, -0.25) is 4.90 Å². The Morgan fingerprint density at radius 3 is 2.23 bits per heavy atom. The van der Waals surface area contributed by atoms with E-state index in [4.69, 9.17) is 28.4 Å². The molecule has 0 aromatic heterocycles. The first-order valence-corrected chi connectivity index (χ1v) is 10.5. The van der Waals surface area contributed by atoms with Crippen LogP contribution in [0.15, 0.2) is 24.3 Å². The number of hydrogen-bond acceptors (Lipinski definition) is 8. The Morgan fingerprint density at radius 1 is 0.935 bits per heavy atom. The highest BCUT2D eigenvalue weighted by Gasteiger charge is 2.41. The van der Waals surface area contributed by atoms with E-state index in [9.17, 15) is 5.11 Å². The summed E-state index contributed by atoms with van der Waals surface area (Å²) < 4.78 is 34.2. The molecule has 31 heavy (non-hydrogen) atoms. The van der Waals surface area contributed by atoms with Crippen LogP contribution in [0.3, 0.4) is 0 Å². The predicted molar refractivity (Wildman–Crippen MR) is 112 cm³/mol. The number of phenols is 1. The van der Waals surface area contributed by atoms with E-state index < -0.39 is 0 Å². The van der Waals surface area contributed by atoms with E-state index in [1.165, 1.54) is 14.2 Å². The summed E-state index contributed by atoms with van der Waals surface area (Å²) in [4.78, 5) is 2.32. The summed E-state index contributed by atoms with van der Waals surface area (Å²) in [5, 5.41) is 10.4. The average molecular weight is 429 g/mol. The lowest BCUT2D eigenvalue weighted by molar-refractivity contribution is -0.0784. The van der Waals surface area contributed by atoms with Crippen molar-refractivity contribution in [1.29, 1.82) is 0 Å². The maximum atomic E-state index is 10.4. The molecule has 1 saturated heterocycles. The molecule has 166 valence electrons. The normalized spacial score (nSPS) is 24.9. The first-order valence-electron chi connectivity index (χ1n) is 10.5. The van der Waals surface area contributed by atoms with Crippen LogP contribution in [0, 0.1) is 5.92 Å². The first kappa shape index (κ1) is 20.1. The second-order valence-electron chi connectivity index (χ2n) is 8.01. The van der Waals surface area contributed by atoms with Gasteiger partial charge in [-0.05, 0) is 23.8 Å². The van der Waals surface area contributed by atoms with E-state index in [0.717, 1.165) is 30.0 Å². The molecule has 0 amide bonds. The topological polar surface area (TPSA) is 78.9 Å². The van der Waals surface area contributed by atoms with Gasteiger partial charge in [0.05, 0.1) is 27.4 Å². The fraction of sp³-hybridized carbons (Fsp3) is 0.478. The van der Waals surface area contributed by atoms with E-state index in [2.05, 4.69) is 11.8 Å². The third-order valence-electron chi connectivity index (χ3n) is 6.33. The Hall–Kier alpha value is -2.84. The number of aromatic hydroxyl groups is 1. The maximum Gasteiger partial charge on any atom is 0.231 e. The van der Waals surface area contributed by atoms with Crippen molar-refractivity contribution in [3.05, 3.63) is 35.4 Å². The summed E-state index contributed by atoms with van der Waals surface area (Å²) in [6, 6.07) is 7.66. The largest absolute Gasteiger partial charge is 0.502 e. The van der Waals surface area contributed by atoms with Gasteiger partial charge in [0, 0.05) is 36.6 Å². The van der Waals surface area contributed by atoms with E-state index in [-0.39, 0.29) is 30.6 Å². The molecule has 3 atom stereocenters. The number of ether oxygens (including phenoxy) is 6. The molecule has 3 aliphatic heterocycles. The lowest BCUT2D eigenvalue weighted by atomic mass is 9.77. The van der Waals surface area contributed by atoms with Crippen molar-refractivity contribution in [3.63, 3.8) is 0 Å². The van der Waals surface area contributed by atoms with Crippen molar-refractivity contribution in [2.24, 2.45) is 5.92 Å². The summed E-state index contributed by atoms with van der Waals surface area (Å²) >= 11 is 0. The molecule has 2 aromatic rings. The second kappa shape index (κ2) is 8.01. The van der Waals surface area contributed by atoms with Crippen LogP contribution in [0.25, 0.3) is 0 Å². The Labute approximate surface area is 181 Å². The molecule has 0 radical (unpaired) electrons. The lowest BCUT2D eigenvalue weighted by Crippen LogP contribution is -2.52. The molecule has 0 spiro atoms. The van der Waals surface area contributed by atoms with E-state index in [1.807, 2.05) is 24.3 Å². The van der Waals surface area contributed by atoms with Crippen molar-refractivity contribution in [2.45, 2.75) is 19.1 Å². The Balaban J connectivity index is 1.64. The highest BCUT2D eigenvalue weighted by molar-refractivity contribution is 5.59. The fourth-order valence-corrected chi connectivity index (χ4v) is 4.78. The van der Waals surface area contributed by atoms with Crippen LogP contribution < -0.4 is 23.7 Å². The van der Waals surface area contributed by atoms with Crippen molar-refractivity contribution in [3.8, 4) is 34.5 Å². The summed E-state index contributed by atoms with van der Waals surface area (Å²) in [5.41, 5.74) is 1.98. The number of hydrogen-bond donors (Lipinski definition) is 1. The summed E-state index contributed by atoms with van der Waals surface area (Å²) in [6.07, 6.45) is -0.132. The summed E-state index contributed by atoms with van der Waals surface area (Å²) in [5.74, 6) is 2.98. The molecule has 0 saturated carbocycles. The van der Waals surface area contributed by atoms with Crippen LogP contribution in [-0.4, -0.2) is 63.6 Å². The van der Waals surface area contributed by atoms with E-state index >= 15 is 0 Å². The molecule has 0 unspecified atom stereocenters. The summed E-state index contributed by atoms with van der Waals surface area (Å²) in [7, 11) is 3.07. The van der Waals surface area contributed by atoms with Crippen LogP contribution >= 0.6 is 0 Å². The van der Waals surface area contributed by atoms with Gasteiger partial charge < -0.3 is 33.5 Å². The van der Waals surface area contributed by atoms with Gasteiger partial charge in [0.15, 0.2) is 29.2 Å². The zero-order chi connectivity index (χ0) is 21.5. The van der Waals surface area contributed by atoms with Crippen molar-refractivity contribution in [2.75, 3.05) is 47.3 Å². The molecule has 3 heterocycles. The smallest absolute Gasteiger partial charge is 0.231 e. The van der Waals surface area contributed by atoms with Crippen molar-refractivity contribution >= 4 is 0 Å². The minimum atomic E-state index is -0.132. The van der Waals surface area contributed by atoms with Crippen molar-refractivity contribution in [1.82, 2.24) is 4.90 Å². The minimum Gasteiger partial charge on any atom is -0.502 e. The molecule has 0 bridgehead atoms. The molecule has 5 rings (SSSR count). The van der Waals surface area contributed by atoms with Gasteiger partial charge in [0.1, 0.15) is 5.75 Å². The van der Waals surface area contributed by atoms with Gasteiger partial charge in [-0.25, -0.2) is 0 Å². The number of rotatable bonds is 4. The number of benzene rings is 2. The van der Waals surface area contributed by atoms with Gasteiger partial charge in [-0.1, -0.05) is 6.92 Å². The Bertz CT molecular complexity index is 948. The quantitative estimate of drug-likeness (QED) is 0.795. The Morgan fingerprint density at radius 2 is 1.58 bits per heavy atom. The standard InChI is InChI=1S/C23H27NO7/c1-13-21(14-8-19(26-2)22(25)20(9-14)27-3)15-10-17-18(30-12-29-17)11-16(15)31-23(13)24-4-6-28-7-5-24/h8-11,13,21,23,25H,4-7,12H2,1-3H3/t13-,21-,23-/m1/s1. The van der Waals surface area contributed by atoms with Crippen LogP contribution in [0.1, 0.15) is 24.0 Å².